The van der Waals surface area contributed by atoms with Crippen molar-refractivity contribution in [3.05, 3.63) is 18.3 Å². The van der Waals surface area contributed by atoms with E-state index >= 15 is 0 Å². The fraction of sp³-hybridized carbons (Fsp3) is 0.455. The first kappa shape index (κ1) is 10.9. The van der Waals surface area contributed by atoms with Gasteiger partial charge in [-0.2, -0.15) is 0 Å². The Bertz CT molecular complexity index is 375. The number of piperidine rings is 1. The molecule has 1 aromatic heterocycles. The number of anilines is 1. The van der Waals surface area contributed by atoms with Gasteiger partial charge in [-0.15, -0.1) is 0 Å². The van der Waals surface area contributed by atoms with Gasteiger partial charge in [0.05, 0.1) is 0 Å². The maximum absolute atomic E-state index is 11.8. The Hall–Kier alpha value is -1.62. The van der Waals surface area contributed by atoms with Crippen molar-refractivity contribution in [2.24, 2.45) is 5.92 Å². The average molecular weight is 221 g/mol. The predicted octanol–water partition coefficient (Wildman–Crippen LogP) is 0.725. The van der Waals surface area contributed by atoms with Crippen molar-refractivity contribution in [2.45, 2.75) is 12.8 Å². The number of rotatable bonds is 2. The fourth-order valence-corrected chi connectivity index (χ4v) is 1.80. The third-order valence-electron chi connectivity index (χ3n) is 2.74. The molecule has 0 atom stereocenters. The topological polar surface area (TPSA) is 74.2 Å². The lowest BCUT2D eigenvalue weighted by Gasteiger charge is -2.21. The molecule has 2 rings (SSSR count). The molecule has 2 heterocycles. The highest BCUT2D eigenvalue weighted by atomic mass is 16.3. The Morgan fingerprint density at radius 3 is 2.94 bits per heavy atom. The zero-order valence-corrected chi connectivity index (χ0v) is 8.94. The Balaban J connectivity index is 1.99. The van der Waals surface area contributed by atoms with Gasteiger partial charge in [-0.1, -0.05) is 0 Å². The van der Waals surface area contributed by atoms with Gasteiger partial charge >= 0.3 is 0 Å². The minimum Gasteiger partial charge on any atom is -0.504 e. The SMILES string of the molecule is O=C(Nc1ncccc1O)C1CCNCC1. The molecule has 0 unspecified atom stereocenters. The van der Waals surface area contributed by atoms with Crippen molar-refractivity contribution in [2.75, 3.05) is 18.4 Å². The van der Waals surface area contributed by atoms with Crippen LogP contribution in [0.5, 0.6) is 5.75 Å². The van der Waals surface area contributed by atoms with Crippen molar-refractivity contribution in [1.29, 1.82) is 0 Å². The predicted molar refractivity (Wildman–Crippen MR) is 60.1 cm³/mol. The Morgan fingerprint density at radius 1 is 1.50 bits per heavy atom. The van der Waals surface area contributed by atoms with Crippen LogP contribution in [-0.2, 0) is 4.79 Å². The van der Waals surface area contributed by atoms with Crippen LogP contribution in [0.25, 0.3) is 0 Å². The third kappa shape index (κ3) is 2.49. The van der Waals surface area contributed by atoms with E-state index in [1.54, 1.807) is 6.07 Å². The molecule has 0 aliphatic carbocycles. The van der Waals surface area contributed by atoms with E-state index in [2.05, 4.69) is 15.6 Å². The molecule has 1 saturated heterocycles. The van der Waals surface area contributed by atoms with Crippen LogP contribution in [0.4, 0.5) is 5.82 Å². The summed E-state index contributed by atoms with van der Waals surface area (Å²) in [5.74, 6) is 0.203. The number of hydrogen-bond acceptors (Lipinski definition) is 4. The molecule has 0 saturated carbocycles. The van der Waals surface area contributed by atoms with Crippen LogP contribution in [0.2, 0.25) is 0 Å². The van der Waals surface area contributed by atoms with Crippen LogP contribution in [0.15, 0.2) is 18.3 Å². The highest BCUT2D eigenvalue weighted by molar-refractivity contribution is 5.92. The Morgan fingerprint density at radius 2 is 2.25 bits per heavy atom. The summed E-state index contributed by atoms with van der Waals surface area (Å²) in [5.41, 5.74) is 0. The largest absolute Gasteiger partial charge is 0.504 e. The lowest BCUT2D eigenvalue weighted by Crippen LogP contribution is -2.34. The molecular formula is C11H15N3O2. The zero-order valence-electron chi connectivity index (χ0n) is 8.94. The van der Waals surface area contributed by atoms with Crippen molar-refractivity contribution >= 4 is 11.7 Å². The first-order valence-corrected chi connectivity index (χ1v) is 5.43. The minimum absolute atomic E-state index is 0.00443. The van der Waals surface area contributed by atoms with Gasteiger partial charge in [0, 0.05) is 12.1 Å². The van der Waals surface area contributed by atoms with Crippen molar-refractivity contribution in [3.63, 3.8) is 0 Å². The minimum atomic E-state index is -0.0597. The maximum atomic E-state index is 11.8. The summed E-state index contributed by atoms with van der Waals surface area (Å²) in [4.78, 5) is 15.7. The van der Waals surface area contributed by atoms with Crippen LogP contribution in [0.1, 0.15) is 12.8 Å². The first-order valence-electron chi connectivity index (χ1n) is 5.43. The number of aromatic nitrogens is 1. The van der Waals surface area contributed by atoms with Crippen molar-refractivity contribution in [1.82, 2.24) is 10.3 Å². The number of carbonyl (C=O) groups excluding carboxylic acids is 1. The monoisotopic (exact) mass is 221 g/mol. The molecule has 1 aromatic rings. The van der Waals surface area contributed by atoms with Gasteiger partial charge in [-0.25, -0.2) is 4.98 Å². The van der Waals surface area contributed by atoms with Crippen LogP contribution >= 0.6 is 0 Å². The lowest BCUT2D eigenvalue weighted by atomic mass is 9.97. The maximum Gasteiger partial charge on any atom is 0.228 e. The van der Waals surface area contributed by atoms with Crippen molar-refractivity contribution < 1.29 is 9.90 Å². The summed E-state index contributed by atoms with van der Waals surface area (Å²) in [6.07, 6.45) is 3.20. The smallest absolute Gasteiger partial charge is 0.228 e. The van der Waals surface area contributed by atoms with E-state index in [-0.39, 0.29) is 23.4 Å². The molecule has 1 fully saturated rings. The average Bonchev–Trinajstić information content (AvgIpc) is 2.33. The van der Waals surface area contributed by atoms with Gasteiger partial charge in [0.2, 0.25) is 5.91 Å². The molecule has 86 valence electrons. The number of hydrogen-bond donors (Lipinski definition) is 3. The molecular weight excluding hydrogens is 206 g/mol. The summed E-state index contributed by atoms with van der Waals surface area (Å²) in [6, 6.07) is 3.13. The standard InChI is InChI=1S/C11H15N3O2/c15-9-2-1-5-13-10(9)14-11(16)8-3-6-12-7-4-8/h1-2,5,8,12,15H,3-4,6-7H2,(H,13,14,16). The van der Waals surface area contributed by atoms with E-state index in [4.69, 9.17) is 0 Å². The number of amides is 1. The highest BCUT2D eigenvalue weighted by Gasteiger charge is 2.21. The summed E-state index contributed by atoms with van der Waals surface area (Å²) in [7, 11) is 0. The Kier molecular flexibility index (Phi) is 3.36. The van der Waals surface area contributed by atoms with Crippen LogP contribution in [0.3, 0.4) is 0 Å². The molecule has 0 bridgehead atoms. The second-order valence-corrected chi connectivity index (χ2v) is 3.88. The van der Waals surface area contributed by atoms with Crippen molar-refractivity contribution in [3.8, 4) is 5.75 Å². The number of nitrogens with one attached hydrogen (secondary N) is 2. The van der Waals surface area contributed by atoms with Crippen LogP contribution in [-0.4, -0.2) is 29.1 Å². The summed E-state index contributed by atoms with van der Waals surface area (Å²) < 4.78 is 0. The number of nitrogens with zero attached hydrogens (tertiary/aromatic N) is 1. The van der Waals surface area contributed by atoms with E-state index in [1.165, 1.54) is 12.3 Å². The summed E-state index contributed by atoms with van der Waals surface area (Å²) >= 11 is 0. The quantitative estimate of drug-likeness (QED) is 0.688. The highest BCUT2D eigenvalue weighted by Crippen LogP contribution is 2.20. The van der Waals surface area contributed by atoms with Gasteiger partial charge in [0.15, 0.2) is 11.6 Å². The number of pyridine rings is 1. The fourth-order valence-electron chi connectivity index (χ4n) is 1.80. The van der Waals surface area contributed by atoms with E-state index in [9.17, 15) is 9.90 Å². The van der Waals surface area contributed by atoms with Crippen LogP contribution in [0, 0.1) is 5.92 Å². The van der Waals surface area contributed by atoms with Gasteiger partial charge in [-0.05, 0) is 38.1 Å². The first-order chi connectivity index (χ1) is 7.77. The second-order valence-electron chi connectivity index (χ2n) is 3.88. The van der Waals surface area contributed by atoms with Gasteiger partial charge in [0.1, 0.15) is 0 Å². The normalized spacial score (nSPS) is 17.0. The molecule has 1 amide bonds. The molecule has 3 N–H and O–H groups in total. The molecule has 0 radical (unpaired) electrons. The molecule has 0 spiro atoms. The zero-order chi connectivity index (χ0) is 11.4. The molecule has 5 nitrogen and oxygen atoms in total. The number of carbonyl (C=O) groups is 1. The molecule has 1 aliphatic rings. The van der Waals surface area contributed by atoms with Crippen LogP contribution < -0.4 is 10.6 Å². The molecule has 0 aromatic carbocycles. The van der Waals surface area contributed by atoms with E-state index in [0.29, 0.717) is 0 Å². The van der Waals surface area contributed by atoms with E-state index in [1.807, 2.05) is 0 Å². The summed E-state index contributed by atoms with van der Waals surface area (Å²) in [6.45, 7) is 1.73. The van der Waals surface area contributed by atoms with E-state index < -0.39 is 0 Å². The number of aromatic hydroxyl groups is 1. The Labute approximate surface area is 93.9 Å². The third-order valence-corrected chi connectivity index (χ3v) is 2.74. The second kappa shape index (κ2) is 4.94. The molecule has 1 aliphatic heterocycles. The molecule has 16 heavy (non-hydrogen) atoms. The van der Waals surface area contributed by atoms with Gasteiger partial charge in [0.25, 0.3) is 0 Å². The summed E-state index contributed by atoms with van der Waals surface area (Å²) in [5, 5.41) is 15.3. The van der Waals surface area contributed by atoms with E-state index in [0.717, 1.165) is 25.9 Å². The lowest BCUT2D eigenvalue weighted by molar-refractivity contribution is -0.120. The van der Waals surface area contributed by atoms with Gasteiger partial charge < -0.3 is 15.7 Å². The molecule has 5 heteroatoms. The van der Waals surface area contributed by atoms with Gasteiger partial charge in [-0.3, -0.25) is 4.79 Å².